The average molecular weight is 361 g/mol. The van der Waals surface area contributed by atoms with Gasteiger partial charge in [0.1, 0.15) is 0 Å². The van der Waals surface area contributed by atoms with Crippen LogP contribution in [-0.4, -0.2) is 51.9 Å². The second-order valence-corrected chi connectivity index (χ2v) is 7.91. The van der Waals surface area contributed by atoms with Gasteiger partial charge in [-0.05, 0) is 35.9 Å². The van der Waals surface area contributed by atoms with Crippen LogP contribution >= 0.6 is 0 Å². The highest BCUT2D eigenvalue weighted by atomic mass is 32.2. The smallest absolute Gasteiger partial charge is 0.240 e. The Bertz CT molecular complexity index is 844. The first-order valence-electron chi connectivity index (χ1n) is 8.53. The highest BCUT2D eigenvalue weighted by Crippen LogP contribution is 2.18. The lowest BCUT2D eigenvalue weighted by molar-refractivity contribution is -0.130. The third kappa shape index (κ3) is 4.56. The maximum absolute atomic E-state index is 12.4. The van der Waals surface area contributed by atoms with Crippen LogP contribution in [0.3, 0.4) is 0 Å². The molecule has 1 saturated heterocycles. The molecule has 0 spiro atoms. The van der Waals surface area contributed by atoms with Gasteiger partial charge in [0, 0.05) is 32.6 Å². The molecule has 2 aromatic carbocycles. The second-order valence-electron chi connectivity index (χ2n) is 6.14. The van der Waals surface area contributed by atoms with Gasteiger partial charge in [-0.25, -0.2) is 13.1 Å². The van der Waals surface area contributed by atoms with E-state index in [0.29, 0.717) is 6.54 Å². The molecule has 0 bridgehead atoms. The van der Waals surface area contributed by atoms with Crippen molar-refractivity contribution >= 4 is 26.7 Å². The highest BCUT2D eigenvalue weighted by Gasteiger charge is 2.18. The molecule has 7 heteroatoms. The summed E-state index contributed by atoms with van der Waals surface area (Å²) in [4.78, 5) is 14.2. The van der Waals surface area contributed by atoms with Crippen LogP contribution < -0.4 is 10.0 Å². The van der Waals surface area contributed by atoms with Crippen molar-refractivity contribution < 1.29 is 13.2 Å². The zero-order valence-corrected chi connectivity index (χ0v) is 14.9. The molecular weight excluding hydrogens is 338 g/mol. The van der Waals surface area contributed by atoms with Crippen molar-refractivity contribution in [3.63, 3.8) is 0 Å². The molecule has 1 heterocycles. The van der Waals surface area contributed by atoms with Crippen molar-refractivity contribution in [3.05, 3.63) is 42.5 Å². The lowest BCUT2D eigenvalue weighted by Crippen LogP contribution is -2.36. The Morgan fingerprint density at radius 3 is 2.72 bits per heavy atom. The first-order valence-corrected chi connectivity index (χ1v) is 10.0. The van der Waals surface area contributed by atoms with Gasteiger partial charge in [-0.1, -0.05) is 30.3 Å². The molecule has 0 radical (unpaired) electrons. The predicted octanol–water partition coefficient (Wildman–Crippen LogP) is 1.33. The van der Waals surface area contributed by atoms with Gasteiger partial charge in [0.15, 0.2) is 0 Å². The topological polar surface area (TPSA) is 78.5 Å². The lowest BCUT2D eigenvalue weighted by Gasteiger charge is -2.20. The molecule has 0 unspecified atom stereocenters. The van der Waals surface area contributed by atoms with Crippen molar-refractivity contribution in [2.45, 2.75) is 17.7 Å². The number of benzene rings is 2. The van der Waals surface area contributed by atoms with Crippen LogP contribution in [0.15, 0.2) is 47.4 Å². The number of sulfonamides is 1. The molecule has 1 amide bonds. The van der Waals surface area contributed by atoms with Crippen molar-refractivity contribution in [2.24, 2.45) is 0 Å². The number of carbonyl (C=O) groups is 1. The molecule has 1 aliphatic rings. The SMILES string of the molecule is O=C(CCNS(=O)(=O)c1ccc2ccccc2c1)N1CCCNCC1. The normalized spacial score (nSPS) is 15.9. The van der Waals surface area contributed by atoms with E-state index < -0.39 is 10.0 Å². The van der Waals surface area contributed by atoms with Gasteiger partial charge in [0.25, 0.3) is 0 Å². The van der Waals surface area contributed by atoms with E-state index in [1.807, 2.05) is 24.3 Å². The molecular formula is C18H23N3O3S. The predicted molar refractivity (Wildman–Crippen MR) is 97.8 cm³/mol. The molecule has 0 atom stereocenters. The molecule has 0 aliphatic carbocycles. The third-order valence-corrected chi connectivity index (χ3v) is 5.81. The van der Waals surface area contributed by atoms with Gasteiger partial charge in [0.2, 0.25) is 15.9 Å². The molecule has 25 heavy (non-hydrogen) atoms. The maximum atomic E-state index is 12.4. The van der Waals surface area contributed by atoms with Crippen LogP contribution in [0, 0.1) is 0 Å². The molecule has 1 fully saturated rings. The Morgan fingerprint density at radius 1 is 1.08 bits per heavy atom. The lowest BCUT2D eigenvalue weighted by atomic mass is 10.1. The Hall–Kier alpha value is -1.96. The highest BCUT2D eigenvalue weighted by molar-refractivity contribution is 7.89. The average Bonchev–Trinajstić information content (AvgIpc) is 2.90. The molecule has 3 rings (SSSR count). The standard InChI is InChI=1S/C18H23N3O3S/c22-18(21-12-3-9-19-11-13-21)8-10-20-25(23,24)17-7-6-15-4-1-2-5-16(15)14-17/h1-2,4-7,14,19-20H,3,8-13H2. The van der Waals surface area contributed by atoms with Crippen LogP contribution in [0.4, 0.5) is 0 Å². The minimum atomic E-state index is -3.62. The minimum absolute atomic E-state index is 0.00934. The van der Waals surface area contributed by atoms with E-state index in [4.69, 9.17) is 0 Å². The fourth-order valence-electron chi connectivity index (χ4n) is 2.96. The van der Waals surface area contributed by atoms with Crippen molar-refractivity contribution in [1.82, 2.24) is 14.9 Å². The molecule has 2 aromatic rings. The Morgan fingerprint density at radius 2 is 1.88 bits per heavy atom. The van der Waals surface area contributed by atoms with E-state index in [9.17, 15) is 13.2 Å². The zero-order chi connectivity index (χ0) is 17.7. The van der Waals surface area contributed by atoms with Gasteiger partial charge in [-0.3, -0.25) is 4.79 Å². The largest absolute Gasteiger partial charge is 0.341 e. The maximum Gasteiger partial charge on any atom is 0.240 e. The quantitative estimate of drug-likeness (QED) is 0.842. The van der Waals surface area contributed by atoms with Gasteiger partial charge >= 0.3 is 0 Å². The van der Waals surface area contributed by atoms with E-state index >= 15 is 0 Å². The van der Waals surface area contributed by atoms with Crippen molar-refractivity contribution in [3.8, 4) is 0 Å². The number of hydrogen-bond donors (Lipinski definition) is 2. The summed E-state index contributed by atoms with van der Waals surface area (Å²) >= 11 is 0. The molecule has 134 valence electrons. The van der Waals surface area contributed by atoms with E-state index in [0.717, 1.165) is 36.8 Å². The summed E-state index contributed by atoms with van der Waals surface area (Å²) in [5.41, 5.74) is 0. The molecule has 6 nitrogen and oxygen atoms in total. The summed E-state index contributed by atoms with van der Waals surface area (Å²) in [5, 5.41) is 5.11. The molecule has 0 saturated carbocycles. The first-order chi connectivity index (χ1) is 12.1. The number of carbonyl (C=O) groups excluding carboxylic acids is 1. The number of hydrogen-bond acceptors (Lipinski definition) is 4. The van der Waals surface area contributed by atoms with E-state index in [1.54, 1.807) is 23.1 Å². The Balaban J connectivity index is 1.60. The fraction of sp³-hybridized carbons (Fsp3) is 0.389. The number of rotatable bonds is 5. The van der Waals surface area contributed by atoms with E-state index in [-0.39, 0.29) is 23.8 Å². The van der Waals surface area contributed by atoms with Gasteiger partial charge in [-0.2, -0.15) is 0 Å². The monoisotopic (exact) mass is 361 g/mol. The van der Waals surface area contributed by atoms with Gasteiger partial charge < -0.3 is 10.2 Å². The Labute approximate surface area is 148 Å². The van der Waals surface area contributed by atoms with E-state index in [2.05, 4.69) is 10.0 Å². The molecule has 1 aliphatic heterocycles. The molecule has 0 aromatic heterocycles. The van der Waals surface area contributed by atoms with Crippen molar-refractivity contribution in [1.29, 1.82) is 0 Å². The zero-order valence-electron chi connectivity index (χ0n) is 14.1. The van der Waals surface area contributed by atoms with Gasteiger partial charge in [0.05, 0.1) is 4.90 Å². The van der Waals surface area contributed by atoms with Crippen molar-refractivity contribution in [2.75, 3.05) is 32.7 Å². The number of nitrogens with one attached hydrogen (secondary N) is 2. The summed E-state index contributed by atoms with van der Waals surface area (Å²) in [5.74, 6) is -0.00934. The summed E-state index contributed by atoms with van der Waals surface area (Å²) in [7, 11) is -3.62. The fourth-order valence-corrected chi connectivity index (χ4v) is 4.03. The van der Waals surface area contributed by atoms with Crippen LogP contribution in [0.25, 0.3) is 10.8 Å². The number of amides is 1. The van der Waals surface area contributed by atoms with Crippen LogP contribution in [0.5, 0.6) is 0 Å². The summed E-state index contributed by atoms with van der Waals surface area (Å²) in [6, 6.07) is 12.6. The number of nitrogens with zero attached hydrogens (tertiary/aromatic N) is 1. The van der Waals surface area contributed by atoms with Crippen LogP contribution in [0.2, 0.25) is 0 Å². The van der Waals surface area contributed by atoms with Gasteiger partial charge in [-0.15, -0.1) is 0 Å². The molecule has 2 N–H and O–H groups in total. The summed E-state index contributed by atoms with van der Waals surface area (Å²) in [6.07, 6.45) is 1.10. The summed E-state index contributed by atoms with van der Waals surface area (Å²) < 4.78 is 27.4. The summed E-state index contributed by atoms with van der Waals surface area (Å²) in [6.45, 7) is 3.21. The van der Waals surface area contributed by atoms with E-state index in [1.165, 1.54) is 0 Å². The third-order valence-electron chi connectivity index (χ3n) is 4.35. The number of fused-ring (bicyclic) bond motifs is 1. The second kappa shape index (κ2) is 7.95. The Kier molecular flexibility index (Phi) is 5.67. The van der Waals surface area contributed by atoms with Crippen LogP contribution in [-0.2, 0) is 14.8 Å². The van der Waals surface area contributed by atoms with Crippen LogP contribution in [0.1, 0.15) is 12.8 Å². The first kappa shape index (κ1) is 17.8. The minimum Gasteiger partial charge on any atom is -0.341 e.